The summed E-state index contributed by atoms with van der Waals surface area (Å²) in [5.41, 5.74) is 7.61. The van der Waals surface area contributed by atoms with Crippen LogP contribution in [0, 0.1) is 5.92 Å². The Morgan fingerprint density at radius 1 is 1.15 bits per heavy atom. The highest BCUT2D eigenvalue weighted by atomic mass is 79.9. The van der Waals surface area contributed by atoms with Gasteiger partial charge in [0.1, 0.15) is 11.6 Å². The Bertz CT molecular complexity index is 913. The summed E-state index contributed by atoms with van der Waals surface area (Å²) in [6.45, 7) is 4.95. The number of aromatic hydroxyl groups is 1. The molecule has 0 saturated heterocycles. The molecule has 6 heteroatoms. The van der Waals surface area contributed by atoms with Gasteiger partial charge in [-0.05, 0) is 42.7 Å². The molecule has 0 saturated carbocycles. The van der Waals surface area contributed by atoms with Crippen molar-refractivity contribution in [3.8, 4) is 17.1 Å². The predicted octanol–water partition coefficient (Wildman–Crippen LogP) is 4.55. The van der Waals surface area contributed by atoms with E-state index in [9.17, 15) is 5.11 Å². The van der Waals surface area contributed by atoms with Crippen molar-refractivity contribution in [1.82, 2.24) is 9.97 Å². The molecule has 4 N–H and O–H groups in total. The summed E-state index contributed by atoms with van der Waals surface area (Å²) in [5.74, 6) is 1.89. The maximum Gasteiger partial charge on any atom is 0.165 e. The van der Waals surface area contributed by atoms with Gasteiger partial charge in [-0.1, -0.05) is 41.9 Å². The highest BCUT2D eigenvalue weighted by Gasteiger charge is 2.14. The number of rotatable bonds is 6. The van der Waals surface area contributed by atoms with Crippen molar-refractivity contribution in [2.24, 2.45) is 11.7 Å². The van der Waals surface area contributed by atoms with E-state index in [2.05, 4.69) is 45.1 Å². The van der Waals surface area contributed by atoms with E-state index in [0.717, 1.165) is 27.6 Å². The first-order chi connectivity index (χ1) is 12.4. The Hall–Kier alpha value is -2.18. The third-order valence-electron chi connectivity index (χ3n) is 4.11. The Kier molecular flexibility index (Phi) is 5.74. The molecule has 1 unspecified atom stereocenters. The lowest BCUT2D eigenvalue weighted by atomic mass is 10.0. The van der Waals surface area contributed by atoms with Crippen molar-refractivity contribution >= 4 is 32.7 Å². The van der Waals surface area contributed by atoms with E-state index >= 15 is 0 Å². The highest BCUT2D eigenvalue weighted by molar-refractivity contribution is 9.10. The minimum absolute atomic E-state index is 0.0476. The van der Waals surface area contributed by atoms with Crippen molar-refractivity contribution in [2.45, 2.75) is 26.3 Å². The van der Waals surface area contributed by atoms with Crippen molar-refractivity contribution < 1.29 is 5.11 Å². The van der Waals surface area contributed by atoms with Crippen LogP contribution in [-0.4, -0.2) is 27.7 Å². The molecule has 3 aromatic rings. The molecule has 136 valence electrons. The number of aromatic nitrogens is 2. The standard InChI is InChI=1S/C20H23BrN4O/c1-12(2)9-14(22)11-23-19-15-5-3-4-6-17(15)24-20(25-19)16-10-13(21)7-8-18(16)26/h3-8,10,12,14,26H,9,11,22H2,1-2H3,(H,23,24,25). The number of nitrogens with two attached hydrogens (primary N) is 1. The average molecular weight is 415 g/mol. The number of hydrogen-bond donors (Lipinski definition) is 3. The second-order valence-electron chi connectivity index (χ2n) is 6.84. The van der Waals surface area contributed by atoms with Crippen LogP contribution in [0.3, 0.4) is 0 Å². The molecule has 0 fully saturated rings. The lowest BCUT2D eigenvalue weighted by molar-refractivity contribution is 0.477. The van der Waals surface area contributed by atoms with Gasteiger partial charge in [0.15, 0.2) is 5.82 Å². The topological polar surface area (TPSA) is 84.1 Å². The second-order valence-corrected chi connectivity index (χ2v) is 7.76. The molecule has 0 spiro atoms. The van der Waals surface area contributed by atoms with E-state index in [1.165, 1.54) is 0 Å². The largest absolute Gasteiger partial charge is 0.507 e. The SMILES string of the molecule is CC(C)CC(N)CNc1nc(-c2cc(Br)ccc2O)nc2ccccc12. The van der Waals surface area contributed by atoms with E-state index in [4.69, 9.17) is 5.73 Å². The Balaban J connectivity index is 2.00. The highest BCUT2D eigenvalue weighted by Crippen LogP contribution is 2.32. The maximum atomic E-state index is 10.2. The number of hydrogen-bond acceptors (Lipinski definition) is 5. The number of para-hydroxylation sites is 1. The Morgan fingerprint density at radius 3 is 2.69 bits per heavy atom. The zero-order chi connectivity index (χ0) is 18.7. The normalized spacial score (nSPS) is 12.5. The summed E-state index contributed by atoms with van der Waals surface area (Å²) >= 11 is 3.44. The van der Waals surface area contributed by atoms with Crippen LogP contribution < -0.4 is 11.1 Å². The van der Waals surface area contributed by atoms with Crippen LogP contribution in [0.25, 0.3) is 22.3 Å². The smallest absolute Gasteiger partial charge is 0.165 e. The molecule has 0 amide bonds. The minimum Gasteiger partial charge on any atom is -0.507 e. The van der Waals surface area contributed by atoms with Gasteiger partial charge < -0.3 is 16.2 Å². The van der Waals surface area contributed by atoms with Crippen LogP contribution in [-0.2, 0) is 0 Å². The number of benzene rings is 2. The van der Waals surface area contributed by atoms with Gasteiger partial charge >= 0.3 is 0 Å². The lowest BCUT2D eigenvalue weighted by Crippen LogP contribution is -2.30. The number of fused-ring (bicyclic) bond motifs is 1. The van der Waals surface area contributed by atoms with Crippen molar-refractivity contribution in [3.63, 3.8) is 0 Å². The number of anilines is 1. The predicted molar refractivity (Wildman–Crippen MR) is 110 cm³/mol. The van der Waals surface area contributed by atoms with Gasteiger partial charge in [0.25, 0.3) is 0 Å². The molecule has 0 aliphatic rings. The fourth-order valence-corrected chi connectivity index (χ4v) is 3.30. The van der Waals surface area contributed by atoms with E-state index in [0.29, 0.717) is 23.9 Å². The molecule has 26 heavy (non-hydrogen) atoms. The van der Waals surface area contributed by atoms with Gasteiger partial charge in [0.05, 0.1) is 11.1 Å². The number of halogens is 1. The average Bonchev–Trinajstić information content (AvgIpc) is 2.61. The first-order valence-corrected chi connectivity index (χ1v) is 9.48. The zero-order valence-electron chi connectivity index (χ0n) is 14.9. The zero-order valence-corrected chi connectivity index (χ0v) is 16.5. The van der Waals surface area contributed by atoms with Crippen LogP contribution in [0.4, 0.5) is 5.82 Å². The summed E-state index contributed by atoms with van der Waals surface area (Å²) in [7, 11) is 0. The van der Waals surface area contributed by atoms with Crippen LogP contribution in [0.2, 0.25) is 0 Å². The Labute approximate surface area is 161 Å². The van der Waals surface area contributed by atoms with E-state index in [1.54, 1.807) is 12.1 Å². The molecule has 1 heterocycles. The first-order valence-electron chi connectivity index (χ1n) is 8.69. The summed E-state index contributed by atoms with van der Waals surface area (Å²) < 4.78 is 0.857. The molecular formula is C20H23BrN4O. The summed E-state index contributed by atoms with van der Waals surface area (Å²) in [4.78, 5) is 9.29. The molecule has 1 aromatic heterocycles. The number of nitrogens with one attached hydrogen (secondary N) is 1. The fraction of sp³-hybridized carbons (Fsp3) is 0.300. The van der Waals surface area contributed by atoms with E-state index in [1.807, 2.05) is 30.3 Å². The molecule has 2 aromatic carbocycles. The molecule has 5 nitrogen and oxygen atoms in total. The van der Waals surface area contributed by atoms with Gasteiger partial charge in [0, 0.05) is 22.4 Å². The molecule has 1 atom stereocenters. The van der Waals surface area contributed by atoms with Crippen molar-refractivity contribution in [3.05, 3.63) is 46.9 Å². The molecule has 3 rings (SSSR count). The fourth-order valence-electron chi connectivity index (χ4n) is 2.94. The number of phenols is 1. The summed E-state index contributed by atoms with van der Waals surface area (Å²) in [6, 6.07) is 13.1. The molecule has 0 radical (unpaired) electrons. The molecule has 0 aliphatic carbocycles. The van der Waals surface area contributed by atoms with E-state index < -0.39 is 0 Å². The quantitative estimate of drug-likeness (QED) is 0.550. The van der Waals surface area contributed by atoms with Crippen molar-refractivity contribution in [1.29, 1.82) is 0 Å². The molecular weight excluding hydrogens is 392 g/mol. The Morgan fingerprint density at radius 2 is 1.92 bits per heavy atom. The van der Waals surface area contributed by atoms with Gasteiger partial charge in [-0.15, -0.1) is 0 Å². The van der Waals surface area contributed by atoms with Gasteiger partial charge in [0.2, 0.25) is 0 Å². The summed E-state index contributed by atoms with van der Waals surface area (Å²) in [6.07, 6.45) is 0.940. The van der Waals surface area contributed by atoms with Gasteiger partial charge in [-0.3, -0.25) is 0 Å². The minimum atomic E-state index is 0.0476. The second kappa shape index (κ2) is 8.01. The van der Waals surface area contributed by atoms with Crippen LogP contribution >= 0.6 is 15.9 Å². The third kappa shape index (κ3) is 4.31. The maximum absolute atomic E-state index is 10.2. The lowest BCUT2D eigenvalue weighted by Gasteiger charge is -2.17. The van der Waals surface area contributed by atoms with Gasteiger partial charge in [-0.2, -0.15) is 0 Å². The van der Waals surface area contributed by atoms with Crippen LogP contribution in [0.5, 0.6) is 5.75 Å². The molecule has 0 aliphatic heterocycles. The van der Waals surface area contributed by atoms with Crippen LogP contribution in [0.1, 0.15) is 20.3 Å². The van der Waals surface area contributed by atoms with Gasteiger partial charge in [-0.25, -0.2) is 9.97 Å². The number of phenolic OH excluding ortho intramolecular Hbond substituents is 1. The van der Waals surface area contributed by atoms with E-state index in [-0.39, 0.29) is 11.8 Å². The van der Waals surface area contributed by atoms with Crippen molar-refractivity contribution in [2.75, 3.05) is 11.9 Å². The number of nitrogens with zero attached hydrogens (tertiary/aromatic N) is 2. The molecule has 0 bridgehead atoms. The third-order valence-corrected chi connectivity index (χ3v) is 4.60. The first kappa shape index (κ1) is 18.6. The monoisotopic (exact) mass is 414 g/mol. The summed E-state index contributed by atoms with van der Waals surface area (Å²) in [5, 5.41) is 14.5. The van der Waals surface area contributed by atoms with Crippen LogP contribution in [0.15, 0.2) is 46.9 Å².